The van der Waals surface area contributed by atoms with Gasteiger partial charge in [0, 0.05) is 28.8 Å². The molecule has 27 heavy (non-hydrogen) atoms. The maximum absolute atomic E-state index is 5.85. The van der Waals surface area contributed by atoms with Gasteiger partial charge in [-0.25, -0.2) is 0 Å². The Balaban J connectivity index is 2.08. The van der Waals surface area contributed by atoms with Crippen LogP contribution in [-0.2, 0) is 15.9 Å². The predicted molar refractivity (Wildman–Crippen MR) is 116 cm³/mol. The highest BCUT2D eigenvalue weighted by molar-refractivity contribution is 5.96. The maximum atomic E-state index is 5.85. The van der Waals surface area contributed by atoms with Crippen molar-refractivity contribution in [3.8, 4) is 0 Å². The van der Waals surface area contributed by atoms with E-state index in [2.05, 4.69) is 56.6 Å². The number of aromatic amines is 1. The highest BCUT2D eigenvalue weighted by Crippen LogP contribution is 2.30. The fourth-order valence-corrected chi connectivity index (χ4v) is 3.16. The number of aromatic nitrogens is 1. The summed E-state index contributed by atoms with van der Waals surface area (Å²) in [5, 5.41) is 1.24. The van der Waals surface area contributed by atoms with Gasteiger partial charge in [-0.2, -0.15) is 0 Å². The van der Waals surface area contributed by atoms with Crippen LogP contribution in [0.3, 0.4) is 0 Å². The zero-order chi connectivity index (χ0) is 19.8. The summed E-state index contributed by atoms with van der Waals surface area (Å²) in [5.74, 6) is 0.872. The number of hydrogen-bond donors (Lipinski definition) is 1. The van der Waals surface area contributed by atoms with Gasteiger partial charge in [0.2, 0.25) is 0 Å². The molecule has 2 rings (SSSR count). The Labute approximate surface area is 163 Å². The molecule has 0 fully saturated rings. The smallest absolute Gasteiger partial charge is 0.119 e. The van der Waals surface area contributed by atoms with Gasteiger partial charge >= 0.3 is 0 Å². The number of aryl methyl sites for hydroxylation is 2. The molecule has 0 amide bonds. The summed E-state index contributed by atoms with van der Waals surface area (Å²) < 4.78 is 11.4. The third-order valence-electron chi connectivity index (χ3n) is 4.42. The van der Waals surface area contributed by atoms with Gasteiger partial charge in [-0.15, -0.1) is 0 Å². The molecule has 3 heteroatoms. The highest BCUT2D eigenvalue weighted by Gasteiger charge is 2.11. The molecule has 0 spiro atoms. The molecule has 0 aliphatic rings. The molecule has 0 radical (unpaired) electrons. The molecule has 2 aromatic rings. The van der Waals surface area contributed by atoms with Crippen molar-refractivity contribution in [3.63, 3.8) is 0 Å². The lowest BCUT2D eigenvalue weighted by Crippen LogP contribution is -2.15. The normalized spacial score (nSPS) is 13.4. The van der Waals surface area contributed by atoms with E-state index < -0.39 is 0 Å². The van der Waals surface area contributed by atoms with Crippen LogP contribution >= 0.6 is 0 Å². The van der Waals surface area contributed by atoms with E-state index in [0.717, 1.165) is 36.3 Å². The number of allylic oxidation sites excluding steroid dienone is 5. The largest absolute Gasteiger partial charge is 0.493 e. The van der Waals surface area contributed by atoms with Gasteiger partial charge in [0.1, 0.15) is 6.10 Å². The molecule has 0 saturated carbocycles. The lowest BCUT2D eigenvalue weighted by molar-refractivity contribution is 0.0261. The summed E-state index contributed by atoms with van der Waals surface area (Å²) in [6.45, 7) is 16.1. The third-order valence-corrected chi connectivity index (χ3v) is 4.42. The average Bonchev–Trinajstić information content (AvgIpc) is 2.99. The first kappa shape index (κ1) is 21.0. The lowest BCUT2D eigenvalue weighted by atomic mass is 10.0. The van der Waals surface area contributed by atoms with Crippen LogP contribution in [0.5, 0.6) is 0 Å². The Hall–Kier alpha value is -2.26. The molecule has 1 atom stereocenters. The zero-order valence-electron chi connectivity index (χ0n) is 17.4. The van der Waals surface area contributed by atoms with E-state index in [1.807, 2.05) is 26.0 Å². The fraction of sp³-hybridized carbons (Fsp3) is 0.417. The van der Waals surface area contributed by atoms with Gasteiger partial charge in [-0.3, -0.25) is 0 Å². The van der Waals surface area contributed by atoms with Crippen molar-refractivity contribution < 1.29 is 9.47 Å². The number of nitrogens with one attached hydrogen (secondary N) is 1. The quantitative estimate of drug-likeness (QED) is 0.302. The van der Waals surface area contributed by atoms with Crippen LogP contribution in [0.2, 0.25) is 0 Å². The maximum Gasteiger partial charge on any atom is 0.119 e. The second kappa shape index (κ2) is 10.2. The molecular weight excluding hydrogens is 334 g/mol. The molecule has 1 aromatic carbocycles. The number of benzene rings is 1. The second-order valence-corrected chi connectivity index (χ2v) is 7.05. The Morgan fingerprint density at radius 1 is 1.30 bits per heavy atom. The minimum absolute atomic E-state index is 0.0488. The predicted octanol–water partition coefficient (Wildman–Crippen LogP) is 6.34. The lowest BCUT2D eigenvalue weighted by Gasteiger charge is -2.14. The van der Waals surface area contributed by atoms with E-state index >= 15 is 0 Å². The molecule has 0 bridgehead atoms. The zero-order valence-corrected chi connectivity index (χ0v) is 17.4. The molecule has 1 heterocycles. The third kappa shape index (κ3) is 5.86. The molecule has 1 aromatic heterocycles. The topological polar surface area (TPSA) is 34.2 Å². The molecule has 0 aliphatic heterocycles. The van der Waals surface area contributed by atoms with Gasteiger partial charge in [0.25, 0.3) is 0 Å². The first-order valence-electron chi connectivity index (χ1n) is 9.86. The fourth-order valence-electron chi connectivity index (χ4n) is 3.16. The second-order valence-electron chi connectivity index (χ2n) is 7.05. The van der Waals surface area contributed by atoms with Crippen molar-refractivity contribution in [1.82, 2.24) is 4.98 Å². The molecule has 1 unspecified atom stereocenters. The van der Waals surface area contributed by atoms with Crippen LogP contribution in [-0.4, -0.2) is 24.3 Å². The van der Waals surface area contributed by atoms with Crippen molar-refractivity contribution in [3.05, 3.63) is 65.6 Å². The summed E-state index contributed by atoms with van der Waals surface area (Å²) >= 11 is 0. The van der Waals surface area contributed by atoms with Crippen LogP contribution in [0.4, 0.5) is 0 Å². The van der Waals surface area contributed by atoms with Gasteiger partial charge < -0.3 is 14.5 Å². The summed E-state index contributed by atoms with van der Waals surface area (Å²) in [4.78, 5) is 3.52. The van der Waals surface area contributed by atoms with Crippen LogP contribution in [0.25, 0.3) is 16.5 Å². The van der Waals surface area contributed by atoms with Gasteiger partial charge in [0.05, 0.1) is 12.4 Å². The molecule has 146 valence electrons. The number of rotatable bonds is 10. The van der Waals surface area contributed by atoms with Crippen molar-refractivity contribution in [2.45, 2.75) is 53.6 Å². The molecule has 0 aliphatic carbocycles. The van der Waals surface area contributed by atoms with E-state index in [1.165, 1.54) is 22.2 Å². The first-order valence-corrected chi connectivity index (χ1v) is 9.86. The van der Waals surface area contributed by atoms with E-state index in [-0.39, 0.29) is 6.10 Å². The van der Waals surface area contributed by atoms with E-state index in [4.69, 9.17) is 9.47 Å². The van der Waals surface area contributed by atoms with Gasteiger partial charge in [0.15, 0.2) is 0 Å². The van der Waals surface area contributed by atoms with Gasteiger partial charge in [-0.1, -0.05) is 44.2 Å². The SMILES string of the molecule is C=C(/C=C\C=C(/C)OC(C)COCCC)c1c(CC)[nH]c2ccc(C)cc12. The van der Waals surface area contributed by atoms with Crippen molar-refractivity contribution in [1.29, 1.82) is 0 Å². The number of hydrogen-bond acceptors (Lipinski definition) is 2. The van der Waals surface area contributed by atoms with Crippen molar-refractivity contribution in [2.24, 2.45) is 0 Å². The number of fused-ring (bicyclic) bond motifs is 1. The summed E-state index contributed by atoms with van der Waals surface area (Å²) in [7, 11) is 0. The average molecular weight is 368 g/mol. The van der Waals surface area contributed by atoms with Crippen LogP contribution in [0.1, 0.15) is 50.9 Å². The van der Waals surface area contributed by atoms with Crippen molar-refractivity contribution >= 4 is 16.5 Å². The minimum atomic E-state index is 0.0488. The van der Waals surface area contributed by atoms with E-state index in [1.54, 1.807) is 0 Å². The highest BCUT2D eigenvalue weighted by atomic mass is 16.5. The van der Waals surface area contributed by atoms with Crippen LogP contribution < -0.4 is 0 Å². The summed E-state index contributed by atoms with van der Waals surface area (Å²) in [6, 6.07) is 6.50. The Morgan fingerprint density at radius 2 is 2.07 bits per heavy atom. The van der Waals surface area contributed by atoms with Gasteiger partial charge in [-0.05, 0) is 57.4 Å². The van der Waals surface area contributed by atoms with Crippen LogP contribution in [0, 0.1) is 6.92 Å². The first-order chi connectivity index (χ1) is 13.0. The number of ether oxygens (including phenoxy) is 2. The Kier molecular flexibility index (Phi) is 7.93. The molecule has 1 N–H and O–H groups in total. The monoisotopic (exact) mass is 367 g/mol. The minimum Gasteiger partial charge on any atom is -0.493 e. The number of H-pyrrole nitrogens is 1. The Bertz CT molecular complexity index is 826. The molecule has 0 saturated heterocycles. The molecular formula is C24H33NO2. The van der Waals surface area contributed by atoms with Crippen LogP contribution in [0.15, 0.2) is 48.8 Å². The molecule has 3 nitrogen and oxygen atoms in total. The standard InChI is InChI=1S/C24H33NO2/c1-7-14-26-16-20(6)27-19(5)11-9-10-18(4)24-21-15-17(3)12-13-23(21)25-22(24)8-2/h9-13,15,20,25H,4,7-8,14,16H2,1-3,5-6H3/b10-9-,19-11+. The van der Waals surface area contributed by atoms with Crippen molar-refractivity contribution in [2.75, 3.05) is 13.2 Å². The summed E-state index contributed by atoms with van der Waals surface area (Å²) in [5.41, 5.74) is 5.86. The summed E-state index contributed by atoms with van der Waals surface area (Å²) in [6.07, 6.45) is 8.06. The van der Waals surface area contributed by atoms with E-state index in [0.29, 0.717) is 6.61 Å². The van der Waals surface area contributed by atoms with E-state index in [9.17, 15) is 0 Å². The Morgan fingerprint density at radius 3 is 2.78 bits per heavy atom.